The summed E-state index contributed by atoms with van der Waals surface area (Å²) in [4.78, 5) is 26.6. The Hall–Kier alpha value is -3.22. The van der Waals surface area contributed by atoms with Gasteiger partial charge in [0.1, 0.15) is 23.5 Å². The Bertz CT molecular complexity index is 1230. The van der Waals surface area contributed by atoms with E-state index < -0.39 is 30.1 Å². The van der Waals surface area contributed by atoms with E-state index in [-0.39, 0.29) is 5.56 Å². The van der Waals surface area contributed by atoms with Gasteiger partial charge in [-0.05, 0) is 18.1 Å². The maximum absolute atomic E-state index is 13.1. The molecule has 0 bridgehead atoms. The molecule has 200 valence electrons. The van der Waals surface area contributed by atoms with Gasteiger partial charge in [-0.25, -0.2) is 4.98 Å². The molecule has 4 heterocycles. The lowest BCUT2D eigenvalue weighted by atomic mass is 9.79. The van der Waals surface area contributed by atoms with E-state index >= 15 is 0 Å². The molecule has 1 atom stereocenters. The average molecular weight is 521 g/mol. The standard InChI is InChI=1S/C25H31F3N6O3/c1-16(2)25(23(29)35,33-15-24(26,27)28)18-9-17(11-30-12-18)21-14-32-22-20(21)10-19(13-31-22)37-8-5-34-3-6-36-7-4-34/h9-14,16,33H,3-8,15H2,1-2H3,(H2,29,35)(H,31,32)/t25-/m1/s1. The lowest BCUT2D eigenvalue weighted by Crippen LogP contribution is -2.58. The number of fused-ring (bicyclic) bond motifs is 1. The van der Waals surface area contributed by atoms with Gasteiger partial charge in [-0.2, -0.15) is 13.2 Å². The summed E-state index contributed by atoms with van der Waals surface area (Å²) in [5, 5.41) is 3.12. The first-order valence-electron chi connectivity index (χ1n) is 12.1. The Kier molecular flexibility index (Phi) is 8.00. The number of halogens is 3. The number of aromatic nitrogens is 3. The van der Waals surface area contributed by atoms with Gasteiger partial charge in [0.2, 0.25) is 5.91 Å². The predicted octanol–water partition coefficient (Wildman–Crippen LogP) is 2.82. The van der Waals surface area contributed by atoms with E-state index in [0.717, 1.165) is 25.0 Å². The number of hydrogen-bond donors (Lipinski definition) is 3. The van der Waals surface area contributed by atoms with Crippen molar-refractivity contribution in [3.63, 3.8) is 0 Å². The maximum atomic E-state index is 13.1. The molecule has 3 aromatic heterocycles. The van der Waals surface area contributed by atoms with Crippen LogP contribution in [0.4, 0.5) is 13.2 Å². The van der Waals surface area contributed by atoms with Crippen LogP contribution in [0.5, 0.6) is 5.75 Å². The largest absolute Gasteiger partial charge is 0.491 e. The Balaban J connectivity index is 1.62. The summed E-state index contributed by atoms with van der Waals surface area (Å²) in [7, 11) is 0. The fourth-order valence-electron chi connectivity index (χ4n) is 4.62. The third-order valence-electron chi connectivity index (χ3n) is 6.61. The van der Waals surface area contributed by atoms with Crippen LogP contribution in [0.25, 0.3) is 22.2 Å². The number of carbonyl (C=O) groups excluding carboxylic acids is 1. The number of ether oxygens (including phenoxy) is 2. The Morgan fingerprint density at radius 1 is 1.24 bits per heavy atom. The van der Waals surface area contributed by atoms with Gasteiger partial charge in [-0.3, -0.25) is 20.0 Å². The molecule has 1 aliphatic heterocycles. The molecule has 0 radical (unpaired) electrons. The van der Waals surface area contributed by atoms with Crippen LogP contribution in [-0.2, 0) is 15.1 Å². The molecule has 9 nitrogen and oxygen atoms in total. The molecule has 0 spiro atoms. The van der Waals surface area contributed by atoms with Crippen LogP contribution in [0.3, 0.4) is 0 Å². The third-order valence-corrected chi connectivity index (χ3v) is 6.61. The van der Waals surface area contributed by atoms with Gasteiger partial charge in [0, 0.05) is 60.3 Å². The Labute approximate surface area is 212 Å². The fraction of sp³-hybridized carbons (Fsp3) is 0.480. The van der Waals surface area contributed by atoms with Crippen molar-refractivity contribution in [1.29, 1.82) is 0 Å². The molecule has 0 aliphatic carbocycles. The van der Waals surface area contributed by atoms with Crippen molar-refractivity contribution >= 4 is 16.9 Å². The van der Waals surface area contributed by atoms with Gasteiger partial charge in [0.25, 0.3) is 0 Å². The van der Waals surface area contributed by atoms with Crippen molar-refractivity contribution in [1.82, 2.24) is 25.2 Å². The number of nitrogens with two attached hydrogens (primary N) is 1. The second-order valence-electron chi connectivity index (χ2n) is 9.33. The molecular weight excluding hydrogens is 489 g/mol. The van der Waals surface area contributed by atoms with Crippen molar-refractivity contribution < 1.29 is 27.4 Å². The second kappa shape index (κ2) is 11.0. The first kappa shape index (κ1) is 26.8. The van der Waals surface area contributed by atoms with Crippen LogP contribution in [-0.4, -0.2) is 77.9 Å². The maximum Gasteiger partial charge on any atom is 0.401 e. The highest BCUT2D eigenvalue weighted by molar-refractivity contribution is 5.94. The highest BCUT2D eigenvalue weighted by atomic mass is 19.4. The molecule has 4 rings (SSSR count). The van der Waals surface area contributed by atoms with Gasteiger partial charge in [-0.15, -0.1) is 0 Å². The predicted molar refractivity (Wildman–Crippen MR) is 132 cm³/mol. The highest BCUT2D eigenvalue weighted by Gasteiger charge is 2.44. The van der Waals surface area contributed by atoms with E-state index in [1.54, 1.807) is 38.5 Å². The van der Waals surface area contributed by atoms with E-state index in [1.165, 1.54) is 6.20 Å². The SMILES string of the molecule is CC(C)[C@](NCC(F)(F)F)(C(N)=O)c1cncc(-c2c[nH]c3ncc(OCCN4CCOCC4)cc23)c1. The average Bonchev–Trinajstić information content (AvgIpc) is 3.27. The van der Waals surface area contributed by atoms with E-state index in [0.29, 0.717) is 42.3 Å². The zero-order valence-corrected chi connectivity index (χ0v) is 20.8. The van der Waals surface area contributed by atoms with E-state index in [4.69, 9.17) is 15.2 Å². The number of nitrogens with zero attached hydrogens (tertiary/aromatic N) is 3. The van der Waals surface area contributed by atoms with Crippen molar-refractivity contribution in [2.45, 2.75) is 25.6 Å². The monoisotopic (exact) mass is 520 g/mol. The van der Waals surface area contributed by atoms with Crippen LogP contribution in [0, 0.1) is 5.92 Å². The first-order chi connectivity index (χ1) is 17.6. The number of H-pyrrole nitrogens is 1. The second-order valence-corrected chi connectivity index (χ2v) is 9.33. The van der Waals surface area contributed by atoms with Crippen molar-refractivity contribution in [3.05, 3.63) is 42.5 Å². The van der Waals surface area contributed by atoms with Crippen LogP contribution < -0.4 is 15.8 Å². The zero-order valence-electron chi connectivity index (χ0n) is 20.8. The minimum Gasteiger partial charge on any atom is -0.491 e. The number of hydrogen-bond acceptors (Lipinski definition) is 7. The molecule has 0 saturated carbocycles. The molecule has 12 heteroatoms. The zero-order chi connectivity index (χ0) is 26.6. The van der Waals surface area contributed by atoms with Crippen molar-refractivity contribution in [3.8, 4) is 16.9 Å². The Morgan fingerprint density at radius 2 is 2.00 bits per heavy atom. The molecule has 1 amide bonds. The number of primary amides is 1. The molecule has 1 aliphatic rings. The van der Waals surface area contributed by atoms with Crippen molar-refractivity contribution in [2.24, 2.45) is 11.7 Å². The van der Waals surface area contributed by atoms with Gasteiger partial charge in [-0.1, -0.05) is 13.8 Å². The summed E-state index contributed by atoms with van der Waals surface area (Å²) in [6.07, 6.45) is 1.79. The van der Waals surface area contributed by atoms with E-state index in [2.05, 4.69) is 25.2 Å². The molecular formula is C25H31F3N6O3. The number of alkyl halides is 3. The Morgan fingerprint density at radius 3 is 2.68 bits per heavy atom. The number of rotatable bonds is 10. The number of aromatic amines is 1. The molecule has 3 aromatic rings. The first-order valence-corrected chi connectivity index (χ1v) is 12.1. The number of amides is 1. The van der Waals surface area contributed by atoms with Gasteiger partial charge in [0.15, 0.2) is 0 Å². The highest BCUT2D eigenvalue weighted by Crippen LogP contribution is 2.35. The molecule has 1 saturated heterocycles. The molecule has 37 heavy (non-hydrogen) atoms. The molecule has 1 fully saturated rings. The van der Waals surface area contributed by atoms with Gasteiger partial charge in [0.05, 0.1) is 26.0 Å². The lowest BCUT2D eigenvalue weighted by molar-refractivity contribution is -0.139. The van der Waals surface area contributed by atoms with E-state index in [9.17, 15) is 18.0 Å². The number of morpholine rings is 1. The summed E-state index contributed by atoms with van der Waals surface area (Å²) in [5.74, 6) is -0.908. The third kappa shape index (κ3) is 6.03. The number of pyridine rings is 2. The van der Waals surface area contributed by atoms with E-state index in [1.807, 2.05) is 6.07 Å². The fourth-order valence-corrected chi connectivity index (χ4v) is 4.62. The minimum absolute atomic E-state index is 0.247. The molecule has 4 N–H and O–H groups in total. The normalized spacial score (nSPS) is 16.7. The number of nitrogens with one attached hydrogen (secondary N) is 2. The number of carbonyl (C=O) groups is 1. The van der Waals surface area contributed by atoms with Crippen LogP contribution in [0.1, 0.15) is 19.4 Å². The van der Waals surface area contributed by atoms with Gasteiger partial charge >= 0.3 is 6.18 Å². The smallest absolute Gasteiger partial charge is 0.401 e. The van der Waals surface area contributed by atoms with Crippen molar-refractivity contribution in [2.75, 3.05) is 46.0 Å². The lowest BCUT2D eigenvalue weighted by Gasteiger charge is -2.36. The summed E-state index contributed by atoms with van der Waals surface area (Å²) >= 11 is 0. The summed E-state index contributed by atoms with van der Waals surface area (Å²) in [6, 6.07) is 3.49. The summed E-state index contributed by atoms with van der Waals surface area (Å²) < 4.78 is 50.5. The van der Waals surface area contributed by atoms with Crippen LogP contribution in [0.2, 0.25) is 0 Å². The minimum atomic E-state index is -4.53. The molecule has 0 aromatic carbocycles. The topological polar surface area (TPSA) is 118 Å². The van der Waals surface area contributed by atoms with Crippen LogP contribution >= 0.6 is 0 Å². The molecule has 0 unspecified atom stereocenters. The van der Waals surface area contributed by atoms with Crippen LogP contribution in [0.15, 0.2) is 36.9 Å². The quantitative estimate of drug-likeness (QED) is 0.376. The van der Waals surface area contributed by atoms with Gasteiger partial charge < -0.3 is 20.2 Å². The summed E-state index contributed by atoms with van der Waals surface area (Å²) in [5.41, 5.74) is 6.08. The summed E-state index contributed by atoms with van der Waals surface area (Å²) in [6.45, 7) is 6.32.